The quantitative estimate of drug-likeness (QED) is 0.781. The van der Waals surface area contributed by atoms with Gasteiger partial charge in [-0.3, -0.25) is 9.59 Å². The second-order valence-electron chi connectivity index (χ2n) is 4.60. The monoisotopic (exact) mass is 299 g/mol. The Hall–Kier alpha value is -1.59. The minimum atomic E-state index is -0.504. The Morgan fingerprint density at radius 2 is 1.95 bits per heavy atom. The molecule has 6 heteroatoms. The van der Waals surface area contributed by atoms with E-state index in [4.69, 9.17) is 5.73 Å². The summed E-state index contributed by atoms with van der Waals surface area (Å²) in [7, 11) is 0. The summed E-state index contributed by atoms with van der Waals surface area (Å²) in [6, 6.07) is 4.85. The number of anilines is 2. The van der Waals surface area contributed by atoms with Crippen molar-refractivity contribution in [3.8, 4) is 0 Å². The van der Waals surface area contributed by atoms with Crippen molar-refractivity contribution in [1.82, 2.24) is 0 Å². The lowest BCUT2D eigenvalue weighted by atomic mass is 10.1. The third-order valence-corrected chi connectivity index (χ3v) is 2.75. The number of rotatable bonds is 5. The van der Waals surface area contributed by atoms with Crippen molar-refractivity contribution in [3.63, 3.8) is 0 Å². The lowest BCUT2D eigenvalue weighted by molar-refractivity contribution is -0.117. The fourth-order valence-corrected chi connectivity index (χ4v) is 1.70. The fourth-order valence-electron chi connectivity index (χ4n) is 1.70. The van der Waals surface area contributed by atoms with E-state index in [0.717, 1.165) is 12.0 Å². The smallest absolute Gasteiger partial charge is 0.241 e. The Labute approximate surface area is 125 Å². The van der Waals surface area contributed by atoms with Crippen molar-refractivity contribution in [2.24, 2.45) is 5.73 Å². The van der Waals surface area contributed by atoms with Crippen molar-refractivity contribution < 1.29 is 9.59 Å². The van der Waals surface area contributed by atoms with E-state index in [1.165, 1.54) is 6.92 Å². The second-order valence-corrected chi connectivity index (χ2v) is 4.60. The summed E-state index contributed by atoms with van der Waals surface area (Å²) >= 11 is 0. The van der Waals surface area contributed by atoms with Crippen LogP contribution in [0.25, 0.3) is 0 Å². The van der Waals surface area contributed by atoms with Gasteiger partial charge in [0.1, 0.15) is 0 Å². The molecule has 1 atom stereocenters. The Kier molecular flexibility index (Phi) is 7.87. The minimum Gasteiger partial charge on any atom is -0.326 e. The average Bonchev–Trinajstić information content (AvgIpc) is 2.33. The maximum Gasteiger partial charge on any atom is 0.241 e. The summed E-state index contributed by atoms with van der Waals surface area (Å²) in [5, 5.41) is 5.47. The molecule has 20 heavy (non-hydrogen) atoms. The maximum absolute atomic E-state index is 11.8. The summed E-state index contributed by atoms with van der Waals surface area (Å²) < 4.78 is 0. The van der Waals surface area contributed by atoms with Crippen molar-refractivity contribution in [3.05, 3.63) is 23.8 Å². The molecule has 0 aliphatic carbocycles. The number of hydrogen-bond donors (Lipinski definition) is 3. The first-order chi connectivity index (χ1) is 8.93. The van der Waals surface area contributed by atoms with Gasteiger partial charge in [-0.05, 0) is 31.0 Å². The van der Waals surface area contributed by atoms with Crippen molar-refractivity contribution in [2.75, 3.05) is 10.6 Å². The molecular formula is C14H22ClN3O2. The van der Waals surface area contributed by atoms with E-state index in [1.54, 1.807) is 12.1 Å². The highest BCUT2D eigenvalue weighted by molar-refractivity contribution is 5.96. The van der Waals surface area contributed by atoms with Crippen LogP contribution in [0.1, 0.15) is 32.3 Å². The molecule has 0 aliphatic rings. The first-order valence-corrected chi connectivity index (χ1v) is 6.38. The van der Waals surface area contributed by atoms with Gasteiger partial charge in [-0.15, -0.1) is 12.4 Å². The molecule has 0 heterocycles. The Morgan fingerprint density at radius 3 is 2.50 bits per heavy atom. The third kappa shape index (κ3) is 5.59. The molecule has 0 radical (unpaired) electrons. The minimum absolute atomic E-state index is 0. The third-order valence-electron chi connectivity index (χ3n) is 2.75. The van der Waals surface area contributed by atoms with Crippen LogP contribution < -0.4 is 16.4 Å². The first kappa shape index (κ1) is 18.4. The molecule has 5 nitrogen and oxygen atoms in total. The number of halogens is 1. The summed E-state index contributed by atoms with van der Waals surface area (Å²) in [5.74, 6) is -0.353. The van der Waals surface area contributed by atoms with Gasteiger partial charge in [-0.1, -0.05) is 19.4 Å². The molecule has 0 spiro atoms. The average molecular weight is 300 g/mol. The van der Waals surface area contributed by atoms with Gasteiger partial charge in [0.15, 0.2) is 0 Å². The largest absolute Gasteiger partial charge is 0.326 e. The van der Waals surface area contributed by atoms with Crippen LogP contribution in [0, 0.1) is 6.92 Å². The second kappa shape index (κ2) is 8.55. The SMILES string of the molecule is CCCC(N)C(=O)Nc1ccc(C)c(NC(C)=O)c1.Cl. The van der Waals surface area contributed by atoms with E-state index in [-0.39, 0.29) is 24.2 Å². The van der Waals surface area contributed by atoms with E-state index in [9.17, 15) is 9.59 Å². The van der Waals surface area contributed by atoms with E-state index in [0.29, 0.717) is 17.8 Å². The van der Waals surface area contributed by atoms with Gasteiger partial charge in [0.25, 0.3) is 0 Å². The molecule has 0 saturated heterocycles. The number of carbonyl (C=O) groups excluding carboxylic acids is 2. The normalized spacial score (nSPS) is 11.2. The molecule has 1 aromatic carbocycles. The Balaban J connectivity index is 0.00000361. The standard InChI is InChI=1S/C14H21N3O2.ClH/c1-4-5-12(15)14(19)17-11-7-6-9(2)13(8-11)16-10(3)18;/h6-8,12H,4-5,15H2,1-3H3,(H,16,18)(H,17,19);1H. The highest BCUT2D eigenvalue weighted by Gasteiger charge is 2.12. The Bertz CT molecular complexity index is 477. The lowest BCUT2D eigenvalue weighted by Gasteiger charge is -2.13. The molecule has 1 aromatic rings. The summed E-state index contributed by atoms with van der Waals surface area (Å²) in [4.78, 5) is 22.9. The van der Waals surface area contributed by atoms with Crippen LogP contribution in [0.3, 0.4) is 0 Å². The van der Waals surface area contributed by atoms with Crippen molar-refractivity contribution in [1.29, 1.82) is 0 Å². The molecule has 4 N–H and O–H groups in total. The predicted octanol–water partition coefficient (Wildman–Crippen LogP) is 2.44. The molecule has 1 unspecified atom stereocenters. The van der Waals surface area contributed by atoms with E-state index in [2.05, 4.69) is 10.6 Å². The summed E-state index contributed by atoms with van der Waals surface area (Å²) in [5.41, 5.74) is 8.00. The van der Waals surface area contributed by atoms with Gasteiger partial charge in [0.05, 0.1) is 6.04 Å². The zero-order chi connectivity index (χ0) is 14.4. The van der Waals surface area contributed by atoms with E-state index < -0.39 is 6.04 Å². The van der Waals surface area contributed by atoms with Crippen LogP contribution in [0.15, 0.2) is 18.2 Å². The molecular weight excluding hydrogens is 278 g/mol. The molecule has 112 valence electrons. The molecule has 0 bridgehead atoms. The molecule has 2 amide bonds. The number of benzene rings is 1. The molecule has 0 saturated carbocycles. The zero-order valence-corrected chi connectivity index (χ0v) is 12.8. The van der Waals surface area contributed by atoms with Gasteiger partial charge in [0.2, 0.25) is 11.8 Å². The maximum atomic E-state index is 11.8. The highest BCUT2D eigenvalue weighted by Crippen LogP contribution is 2.20. The predicted molar refractivity (Wildman–Crippen MR) is 84.2 cm³/mol. The molecule has 0 aromatic heterocycles. The zero-order valence-electron chi connectivity index (χ0n) is 12.0. The van der Waals surface area contributed by atoms with Crippen LogP contribution in [0.2, 0.25) is 0 Å². The van der Waals surface area contributed by atoms with Crippen LogP contribution in [-0.4, -0.2) is 17.9 Å². The topological polar surface area (TPSA) is 84.2 Å². The first-order valence-electron chi connectivity index (χ1n) is 6.38. The van der Waals surface area contributed by atoms with Gasteiger partial charge in [-0.2, -0.15) is 0 Å². The van der Waals surface area contributed by atoms with Gasteiger partial charge < -0.3 is 16.4 Å². The summed E-state index contributed by atoms with van der Waals surface area (Å²) in [6.07, 6.45) is 1.51. The van der Waals surface area contributed by atoms with Crippen molar-refractivity contribution in [2.45, 2.75) is 39.7 Å². The number of carbonyl (C=O) groups is 2. The number of nitrogens with one attached hydrogen (secondary N) is 2. The summed E-state index contributed by atoms with van der Waals surface area (Å²) in [6.45, 7) is 5.31. The van der Waals surface area contributed by atoms with Crippen molar-refractivity contribution >= 4 is 35.6 Å². The number of amides is 2. The van der Waals surface area contributed by atoms with Crippen LogP contribution in [0.5, 0.6) is 0 Å². The fraction of sp³-hybridized carbons (Fsp3) is 0.429. The Morgan fingerprint density at radius 1 is 1.30 bits per heavy atom. The van der Waals surface area contributed by atoms with Gasteiger partial charge >= 0.3 is 0 Å². The van der Waals surface area contributed by atoms with Gasteiger partial charge in [0, 0.05) is 18.3 Å². The van der Waals surface area contributed by atoms with E-state index >= 15 is 0 Å². The van der Waals surface area contributed by atoms with E-state index in [1.807, 2.05) is 19.9 Å². The lowest BCUT2D eigenvalue weighted by Crippen LogP contribution is -2.35. The number of nitrogens with two attached hydrogens (primary N) is 1. The highest BCUT2D eigenvalue weighted by atomic mass is 35.5. The molecule has 0 aliphatic heterocycles. The van der Waals surface area contributed by atoms with Crippen LogP contribution >= 0.6 is 12.4 Å². The van der Waals surface area contributed by atoms with Crippen LogP contribution in [-0.2, 0) is 9.59 Å². The van der Waals surface area contributed by atoms with Crippen LogP contribution in [0.4, 0.5) is 11.4 Å². The number of hydrogen-bond acceptors (Lipinski definition) is 3. The van der Waals surface area contributed by atoms with Gasteiger partial charge in [-0.25, -0.2) is 0 Å². The molecule has 0 fully saturated rings. The molecule has 1 rings (SSSR count). The number of aryl methyl sites for hydroxylation is 1.